The molecule has 1 aromatic rings. The van der Waals surface area contributed by atoms with Gasteiger partial charge in [-0.1, -0.05) is 18.2 Å². The van der Waals surface area contributed by atoms with Crippen molar-refractivity contribution in [2.75, 3.05) is 18.5 Å². The number of hydrogen-bond acceptors (Lipinski definition) is 4. The predicted octanol–water partition coefficient (Wildman–Crippen LogP) is 1.67. The summed E-state index contributed by atoms with van der Waals surface area (Å²) in [7, 11) is 0. The van der Waals surface area contributed by atoms with Crippen LogP contribution in [0.2, 0.25) is 0 Å². The molecule has 0 atom stereocenters. The van der Waals surface area contributed by atoms with Crippen LogP contribution in [0.15, 0.2) is 35.4 Å². The average molecular weight is 259 g/mol. The molecule has 100 valence electrons. The summed E-state index contributed by atoms with van der Waals surface area (Å²) in [5, 5.41) is 3.96. The molecule has 1 N–H and O–H groups in total. The Labute approximate surface area is 112 Å². The van der Waals surface area contributed by atoms with E-state index in [4.69, 9.17) is 0 Å². The number of para-hydroxylation sites is 1. The fourth-order valence-corrected chi connectivity index (χ4v) is 1.93. The molecule has 1 amide bonds. The first kappa shape index (κ1) is 13.3. The van der Waals surface area contributed by atoms with Crippen LogP contribution >= 0.6 is 0 Å². The molecule has 0 aliphatic carbocycles. The van der Waals surface area contributed by atoms with Gasteiger partial charge in [0.1, 0.15) is 5.71 Å². The van der Waals surface area contributed by atoms with Gasteiger partial charge in [-0.25, -0.2) is 0 Å². The Morgan fingerprint density at radius 2 is 1.79 bits per heavy atom. The highest BCUT2D eigenvalue weighted by Crippen LogP contribution is 2.08. The highest BCUT2D eigenvalue weighted by molar-refractivity contribution is 6.64. The fraction of sp³-hybridized carbons (Fsp3) is 0.357. The predicted molar refractivity (Wildman–Crippen MR) is 74.0 cm³/mol. The van der Waals surface area contributed by atoms with Gasteiger partial charge in [0.05, 0.1) is 5.69 Å². The summed E-state index contributed by atoms with van der Waals surface area (Å²) < 4.78 is 0. The van der Waals surface area contributed by atoms with Crippen molar-refractivity contribution in [3.8, 4) is 0 Å². The second-order valence-electron chi connectivity index (χ2n) is 4.50. The summed E-state index contributed by atoms with van der Waals surface area (Å²) in [6, 6.07) is 9.30. The number of nitrogens with zero attached hydrogens (tertiary/aromatic N) is 2. The van der Waals surface area contributed by atoms with E-state index in [9.17, 15) is 9.59 Å². The van der Waals surface area contributed by atoms with E-state index in [-0.39, 0.29) is 5.71 Å². The Kier molecular flexibility index (Phi) is 4.28. The molecule has 1 aliphatic heterocycles. The van der Waals surface area contributed by atoms with E-state index < -0.39 is 11.7 Å². The van der Waals surface area contributed by atoms with Crippen molar-refractivity contribution >= 4 is 23.1 Å². The van der Waals surface area contributed by atoms with Crippen LogP contribution < -0.4 is 5.43 Å². The summed E-state index contributed by atoms with van der Waals surface area (Å²) in [6.45, 7) is 2.89. The van der Waals surface area contributed by atoms with Gasteiger partial charge in [-0.2, -0.15) is 5.10 Å². The third-order valence-electron chi connectivity index (χ3n) is 3.04. The molecular weight excluding hydrogens is 242 g/mol. The van der Waals surface area contributed by atoms with Crippen molar-refractivity contribution in [1.29, 1.82) is 0 Å². The number of ketones is 1. The molecule has 0 spiro atoms. The third kappa shape index (κ3) is 3.40. The van der Waals surface area contributed by atoms with Gasteiger partial charge in [0.2, 0.25) is 0 Å². The van der Waals surface area contributed by atoms with Gasteiger partial charge in [-0.3, -0.25) is 15.0 Å². The monoisotopic (exact) mass is 259 g/mol. The zero-order chi connectivity index (χ0) is 13.7. The van der Waals surface area contributed by atoms with E-state index in [0.717, 1.165) is 18.5 Å². The molecule has 5 heteroatoms. The second kappa shape index (κ2) is 6.13. The zero-order valence-corrected chi connectivity index (χ0v) is 10.9. The van der Waals surface area contributed by atoms with Gasteiger partial charge in [0, 0.05) is 13.1 Å². The lowest BCUT2D eigenvalue weighted by Gasteiger charge is -2.13. The molecule has 1 aliphatic rings. The van der Waals surface area contributed by atoms with Gasteiger partial charge < -0.3 is 4.90 Å². The van der Waals surface area contributed by atoms with E-state index in [1.165, 1.54) is 0 Å². The molecule has 0 saturated carbocycles. The lowest BCUT2D eigenvalue weighted by atomic mass is 10.2. The van der Waals surface area contributed by atoms with Crippen LogP contribution in [0.5, 0.6) is 0 Å². The molecule has 1 aromatic carbocycles. The van der Waals surface area contributed by atoms with Crippen molar-refractivity contribution in [3.05, 3.63) is 30.3 Å². The normalized spacial score (nSPS) is 15.4. The van der Waals surface area contributed by atoms with E-state index in [0.29, 0.717) is 13.1 Å². The molecular formula is C14H17N3O2. The first-order valence-corrected chi connectivity index (χ1v) is 6.37. The number of hydrogen-bond donors (Lipinski definition) is 1. The number of anilines is 1. The second-order valence-corrected chi connectivity index (χ2v) is 4.50. The summed E-state index contributed by atoms with van der Waals surface area (Å²) in [6.07, 6.45) is 1.94. The van der Waals surface area contributed by atoms with Crippen LogP contribution in [0.3, 0.4) is 0 Å². The SMILES string of the molecule is C/C(=N\Nc1ccccc1)C(=O)C(=O)N1CCCC1. The number of Topliss-reactive ketones (excluding diaryl/α,β-unsaturated/α-hetero) is 1. The molecule has 1 heterocycles. The van der Waals surface area contributed by atoms with Crippen LogP contribution in [-0.4, -0.2) is 35.4 Å². The van der Waals surface area contributed by atoms with Crippen LogP contribution in [0.1, 0.15) is 19.8 Å². The number of carbonyl (C=O) groups is 2. The number of hydrazone groups is 1. The van der Waals surface area contributed by atoms with Crippen molar-refractivity contribution in [2.24, 2.45) is 5.10 Å². The van der Waals surface area contributed by atoms with Gasteiger partial charge in [0.25, 0.3) is 11.7 Å². The Bertz CT molecular complexity index is 491. The highest BCUT2D eigenvalue weighted by atomic mass is 16.2. The lowest BCUT2D eigenvalue weighted by Crippen LogP contribution is -2.37. The molecule has 19 heavy (non-hydrogen) atoms. The van der Waals surface area contributed by atoms with Crippen molar-refractivity contribution < 1.29 is 9.59 Å². The Morgan fingerprint density at radius 1 is 1.16 bits per heavy atom. The third-order valence-corrected chi connectivity index (χ3v) is 3.04. The Balaban J connectivity index is 1.96. The van der Waals surface area contributed by atoms with Gasteiger partial charge >= 0.3 is 0 Å². The maximum atomic E-state index is 11.9. The maximum absolute atomic E-state index is 11.9. The summed E-state index contributed by atoms with van der Waals surface area (Å²) >= 11 is 0. The Hall–Kier alpha value is -2.17. The molecule has 0 unspecified atom stereocenters. The first-order valence-electron chi connectivity index (χ1n) is 6.37. The van der Waals surface area contributed by atoms with E-state index in [1.54, 1.807) is 11.8 Å². The zero-order valence-electron chi connectivity index (χ0n) is 10.9. The number of carbonyl (C=O) groups excluding carboxylic acids is 2. The van der Waals surface area contributed by atoms with Crippen LogP contribution in [0, 0.1) is 0 Å². The number of rotatable bonds is 4. The maximum Gasteiger partial charge on any atom is 0.296 e. The number of benzene rings is 1. The fourth-order valence-electron chi connectivity index (χ4n) is 1.93. The molecule has 0 aromatic heterocycles. The average Bonchev–Trinajstić information content (AvgIpc) is 2.98. The molecule has 0 radical (unpaired) electrons. The largest absolute Gasteiger partial charge is 0.336 e. The summed E-state index contributed by atoms with van der Waals surface area (Å²) in [4.78, 5) is 25.3. The first-order chi connectivity index (χ1) is 9.18. The van der Waals surface area contributed by atoms with Crippen LogP contribution in [0.4, 0.5) is 5.69 Å². The number of amides is 1. The minimum Gasteiger partial charge on any atom is -0.336 e. The minimum absolute atomic E-state index is 0.181. The molecule has 2 rings (SSSR count). The lowest BCUT2D eigenvalue weighted by molar-refractivity contribution is -0.140. The standard InChI is InChI=1S/C14H17N3O2/c1-11(15-16-12-7-3-2-4-8-12)13(18)14(19)17-9-5-6-10-17/h2-4,7-8,16H,5-6,9-10H2,1H3/b15-11+. The summed E-state index contributed by atoms with van der Waals surface area (Å²) in [5.74, 6) is -0.987. The Morgan fingerprint density at radius 3 is 2.42 bits per heavy atom. The molecule has 1 saturated heterocycles. The van der Waals surface area contributed by atoms with Crippen LogP contribution in [0.25, 0.3) is 0 Å². The van der Waals surface area contributed by atoms with Crippen molar-refractivity contribution in [3.63, 3.8) is 0 Å². The van der Waals surface area contributed by atoms with Crippen molar-refractivity contribution in [1.82, 2.24) is 4.90 Å². The van der Waals surface area contributed by atoms with E-state index in [1.807, 2.05) is 30.3 Å². The quantitative estimate of drug-likeness (QED) is 0.508. The molecule has 1 fully saturated rings. The van der Waals surface area contributed by atoms with Gasteiger partial charge in [-0.15, -0.1) is 0 Å². The smallest absolute Gasteiger partial charge is 0.296 e. The topological polar surface area (TPSA) is 61.8 Å². The van der Waals surface area contributed by atoms with Crippen LogP contribution in [-0.2, 0) is 9.59 Å². The highest BCUT2D eigenvalue weighted by Gasteiger charge is 2.26. The van der Waals surface area contributed by atoms with Gasteiger partial charge in [0.15, 0.2) is 0 Å². The summed E-state index contributed by atoms with van der Waals surface area (Å²) in [5.41, 5.74) is 3.73. The van der Waals surface area contributed by atoms with Gasteiger partial charge in [-0.05, 0) is 31.9 Å². The van der Waals surface area contributed by atoms with E-state index in [2.05, 4.69) is 10.5 Å². The van der Waals surface area contributed by atoms with E-state index >= 15 is 0 Å². The number of nitrogens with one attached hydrogen (secondary N) is 1. The minimum atomic E-state index is -0.537. The molecule has 0 bridgehead atoms. The van der Waals surface area contributed by atoms with Crippen molar-refractivity contribution in [2.45, 2.75) is 19.8 Å². The molecule has 5 nitrogen and oxygen atoms in total. The number of likely N-dealkylation sites (tertiary alicyclic amines) is 1.